The topological polar surface area (TPSA) is 123 Å². The summed E-state index contributed by atoms with van der Waals surface area (Å²) in [5, 5.41) is 4.48. The van der Waals surface area contributed by atoms with Crippen molar-refractivity contribution < 1.29 is 4.79 Å². The van der Waals surface area contributed by atoms with Crippen LogP contribution in [0.4, 0.5) is 0 Å². The third kappa shape index (κ3) is 3.25. The largest absolute Gasteiger partial charge is 0.368 e. The number of amides is 1. The van der Waals surface area contributed by atoms with Gasteiger partial charge in [0.2, 0.25) is 11.9 Å². The highest BCUT2D eigenvalue weighted by molar-refractivity contribution is 5.75. The van der Waals surface area contributed by atoms with Crippen molar-refractivity contribution in [2.75, 3.05) is 0 Å². The second-order valence-corrected chi connectivity index (χ2v) is 7.46. The van der Waals surface area contributed by atoms with E-state index in [1.165, 1.54) is 11.6 Å². The van der Waals surface area contributed by atoms with Crippen molar-refractivity contribution in [1.29, 1.82) is 0 Å². The van der Waals surface area contributed by atoms with Gasteiger partial charge < -0.3 is 10.3 Å². The Kier molecular flexibility index (Phi) is 4.97. The number of fused-ring (bicyclic) bond motifs is 1. The number of hydrogen-bond donors (Lipinski definition) is 1. The number of nitrogens with zero attached hydrogens (tertiary/aromatic N) is 6. The van der Waals surface area contributed by atoms with E-state index in [1.54, 1.807) is 9.25 Å². The van der Waals surface area contributed by atoms with Crippen LogP contribution in [0, 0.1) is 19.8 Å². The molecule has 0 aromatic carbocycles. The molecule has 0 saturated carbocycles. The Bertz CT molecular complexity index is 1180. The van der Waals surface area contributed by atoms with Gasteiger partial charge in [-0.25, -0.2) is 14.0 Å². The minimum atomic E-state index is -0.759. The van der Waals surface area contributed by atoms with E-state index in [-0.39, 0.29) is 11.2 Å². The van der Waals surface area contributed by atoms with Crippen molar-refractivity contribution in [3.05, 3.63) is 38.3 Å². The number of nitrogens with two attached hydrogens (primary N) is 1. The molecule has 10 heteroatoms. The summed E-state index contributed by atoms with van der Waals surface area (Å²) >= 11 is 0. The molecule has 0 unspecified atom stereocenters. The number of rotatable bonds is 6. The first-order valence-electron chi connectivity index (χ1n) is 9.13. The summed E-state index contributed by atoms with van der Waals surface area (Å²) in [7, 11) is 1.52. The van der Waals surface area contributed by atoms with Crippen molar-refractivity contribution in [1.82, 2.24) is 28.5 Å². The molecule has 28 heavy (non-hydrogen) atoms. The molecule has 150 valence electrons. The molecule has 0 saturated heterocycles. The molecule has 3 aromatic heterocycles. The average Bonchev–Trinajstić information content (AvgIpc) is 3.14. The van der Waals surface area contributed by atoms with E-state index in [2.05, 4.69) is 23.9 Å². The van der Waals surface area contributed by atoms with Crippen LogP contribution in [0.15, 0.2) is 15.7 Å². The minimum absolute atomic E-state index is 0.252. The van der Waals surface area contributed by atoms with Crippen LogP contribution in [0.3, 0.4) is 0 Å². The lowest BCUT2D eigenvalue weighted by molar-refractivity contribution is -0.118. The normalized spacial score (nSPS) is 11.6. The predicted molar refractivity (Wildman–Crippen MR) is 104 cm³/mol. The third-order valence-corrected chi connectivity index (χ3v) is 4.66. The van der Waals surface area contributed by atoms with Crippen LogP contribution in [0.1, 0.15) is 31.7 Å². The number of carbonyl (C=O) groups excluding carboxylic acids is 1. The van der Waals surface area contributed by atoms with Crippen LogP contribution in [-0.2, 0) is 24.9 Å². The molecule has 3 aromatic rings. The Hall–Kier alpha value is -3.17. The molecule has 3 rings (SSSR count). The van der Waals surface area contributed by atoms with Crippen molar-refractivity contribution >= 4 is 17.1 Å². The van der Waals surface area contributed by atoms with Gasteiger partial charge >= 0.3 is 5.69 Å². The smallest absolute Gasteiger partial charge is 0.332 e. The molecule has 0 aliphatic heterocycles. The molecule has 3 heterocycles. The summed E-state index contributed by atoms with van der Waals surface area (Å²) in [6.07, 6.45) is 0.801. The Morgan fingerprint density at radius 2 is 1.89 bits per heavy atom. The van der Waals surface area contributed by atoms with Gasteiger partial charge in [0.25, 0.3) is 5.56 Å². The number of aromatic nitrogens is 6. The number of aryl methyl sites for hydroxylation is 4. The summed E-state index contributed by atoms with van der Waals surface area (Å²) in [6, 6.07) is 1.91. The molecule has 1 amide bonds. The van der Waals surface area contributed by atoms with Gasteiger partial charge in [-0.2, -0.15) is 10.1 Å². The lowest BCUT2D eigenvalue weighted by Crippen LogP contribution is -2.42. The highest BCUT2D eigenvalue weighted by atomic mass is 16.2. The molecule has 0 fully saturated rings. The molecule has 0 atom stereocenters. The van der Waals surface area contributed by atoms with Gasteiger partial charge in [-0.15, -0.1) is 0 Å². The minimum Gasteiger partial charge on any atom is -0.368 e. The molecule has 0 radical (unpaired) electrons. The van der Waals surface area contributed by atoms with Crippen LogP contribution in [-0.4, -0.2) is 34.4 Å². The van der Waals surface area contributed by atoms with E-state index < -0.39 is 23.7 Å². The zero-order valence-corrected chi connectivity index (χ0v) is 16.8. The van der Waals surface area contributed by atoms with Crippen molar-refractivity contribution in [3.63, 3.8) is 0 Å². The zero-order valence-electron chi connectivity index (χ0n) is 16.8. The first-order valence-corrected chi connectivity index (χ1v) is 9.13. The van der Waals surface area contributed by atoms with Crippen molar-refractivity contribution in [2.45, 2.75) is 47.2 Å². The van der Waals surface area contributed by atoms with Crippen molar-refractivity contribution in [2.24, 2.45) is 18.7 Å². The van der Waals surface area contributed by atoms with Gasteiger partial charge in [-0.05, 0) is 32.3 Å². The summed E-state index contributed by atoms with van der Waals surface area (Å²) in [5.74, 6) is 0.0990. The van der Waals surface area contributed by atoms with E-state index in [4.69, 9.17) is 5.73 Å². The lowest BCUT2D eigenvalue weighted by Gasteiger charge is -2.12. The quantitative estimate of drug-likeness (QED) is 0.649. The summed E-state index contributed by atoms with van der Waals surface area (Å²) in [4.78, 5) is 41.6. The Balaban J connectivity index is 2.40. The van der Waals surface area contributed by atoms with Crippen LogP contribution >= 0.6 is 0 Å². The number of carbonyl (C=O) groups is 1. The molecular weight excluding hydrogens is 362 g/mol. The number of hydrogen-bond acceptors (Lipinski definition) is 5. The fraction of sp³-hybridized carbons (Fsp3) is 0.500. The maximum absolute atomic E-state index is 13.1. The molecule has 0 aliphatic rings. The highest BCUT2D eigenvalue weighted by Crippen LogP contribution is 2.19. The summed E-state index contributed by atoms with van der Waals surface area (Å²) in [6.45, 7) is 7.99. The first kappa shape index (κ1) is 19.6. The van der Waals surface area contributed by atoms with Crippen LogP contribution in [0.2, 0.25) is 0 Å². The Morgan fingerprint density at radius 1 is 1.21 bits per heavy atom. The van der Waals surface area contributed by atoms with E-state index in [0.717, 1.165) is 22.4 Å². The monoisotopic (exact) mass is 387 g/mol. The fourth-order valence-electron chi connectivity index (χ4n) is 3.25. The molecule has 0 spiro atoms. The number of primary amides is 1. The van der Waals surface area contributed by atoms with Gasteiger partial charge in [0.15, 0.2) is 11.2 Å². The molecule has 0 aliphatic carbocycles. The van der Waals surface area contributed by atoms with E-state index >= 15 is 0 Å². The molecule has 10 nitrogen and oxygen atoms in total. The molecule has 2 N–H and O–H groups in total. The van der Waals surface area contributed by atoms with Gasteiger partial charge in [-0.1, -0.05) is 13.8 Å². The zero-order chi connectivity index (χ0) is 20.7. The Morgan fingerprint density at radius 3 is 2.43 bits per heavy atom. The SMILES string of the molecule is Cc1cc(C)n(-c2nc3c(c(=O)n(CC(N)=O)c(=O)n3C)n2CCC(C)C)n1. The maximum Gasteiger partial charge on any atom is 0.332 e. The average molecular weight is 387 g/mol. The third-order valence-electron chi connectivity index (χ3n) is 4.66. The van der Waals surface area contributed by atoms with E-state index in [9.17, 15) is 14.4 Å². The fourth-order valence-corrected chi connectivity index (χ4v) is 3.25. The van der Waals surface area contributed by atoms with E-state index in [0.29, 0.717) is 18.4 Å². The summed E-state index contributed by atoms with van der Waals surface area (Å²) in [5.41, 5.74) is 6.20. The van der Waals surface area contributed by atoms with Crippen molar-refractivity contribution in [3.8, 4) is 5.95 Å². The van der Waals surface area contributed by atoms with Crippen LogP contribution in [0.5, 0.6) is 0 Å². The maximum atomic E-state index is 13.1. The van der Waals surface area contributed by atoms with Gasteiger partial charge in [0.05, 0.1) is 5.69 Å². The van der Waals surface area contributed by atoms with Crippen LogP contribution in [0.25, 0.3) is 17.1 Å². The predicted octanol–water partition coefficient (Wildman–Crippen LogP) is 0.231. The first-order chi connectivity index (χ1) is 13.1. The second-order valence-electron chi connectivity index (χ2n) is 7.46. The molecule has 0 bridgehead atoms. The standard InChI is InChI=1S/C18H25N7O3/c1-10(2)6-7-23-14-15(20-17(23)25-12(4)8-11(3)21-25)22(5)18(28)24(16(14)27)9-13(19)26/h8,10H,6-7,9H2,1-5H3,(H2,19,26). The summed E-state index contributed by atoms with van der Waals surface area (Å²) < 4.78 is 5.55. The van der Waals surface area contributed by atoms with E-state index in [1.807, 2.05) is 19.9 Å². The van der Waals surface area contributed by atoms with Gasteiger partial charge in [-0.3, -0.25) is 14.2 Å². The van der Waals surface area contributed by atoms with Gasteiger partial charge in [0.1, 0.15) is 6.54 Å². The van der Waals surface area contributed by atoms with Crippen LogP contribution < -0.4 is 17.0 Å². The molecular formula is C18H25N7O3. The highest BCUT2D eigenvalue weighted by Gasteiger charge is 2.23. The Labute approximate surface area is 161 Å². The number of imidazole rings is 1. The lowest BCUT2D eigenvalue weighted by atomic mass is 10.1. The second kappa shape index (κ2) is 7.10. The van der Waals surface area contributed by atoms with Gasteiger partial charge in [0, 0.05) is 19.3 Å².